The van der Waals surface area contributed by atoms with E-state index in [1.165, 1.54) is 51.4 Å². The minimum Gasteiger partial charge on any atom is -0.330 e. The summed E-state index contributed by atoms with van der Waals surface area (Å²) in [6, 6.07) is 0. The van der Waals surface area contributed by atoms with Gasteiger partial charge in [-0.2, -0.15) is 0 Å². The van der Waals surface area contributed by atoms with E-state index < -0.39 is 0 Å². The Kier molecular flexibility index (Phi) is 3.16. The highest BCUT2D eigenvalue weighted by atomic mass is 14.7. The second-order valence-corrected chi connectivity index (χ2v) is 5.60. The van der Waals surface area contributed by atoms with Crippen LogP contribution in [0.4, 0.5) is 0 Å². The van der Waals surface area contributed by atoms with Crippen LogP contribution in [0.2, 0.25) is 0 Å². The quantitative estimate of drug-likeness (QED) is 0.669. The monoisotopic (exact) mass is 195 g/mol. The second kappa shape index (κ2) is 4.22. The van der Waals surface area contributed by atoms with Gasteiger partial charge in [-0.3, -0.25) is 0 Å². The molecule has 14 heavy (non-hydrogen) atoms. The third-order valence-corrected chi connectivity index (χ3v) is 4.79. The van der Waals surface area contributed by atoms with Crippen LogP contribution in [0, 0.1) is 17.3 Å². The number of unbranched alkanes of at least 4 members (excludes halogenated alkanes) is 2. The van der Waals surface area contributed by atoms with E-state index in [0.29, 0.717) is 5.41 Å². The first-order chi connectivity index (χ1) is 6.80. The predicted molar refractivity (Wildman–Crippen MR) is 61.1 cm³/mol. The van der Waals surface area contributed by atoms with Gasteiger partial charge in [0, 0.05) is 0 Å². The van der Waals surface area contributed by atoms with E-state index in [-0.39, 0.29) is 0 Å². The van der Waals surface area contributed by atoms with Crippen molar-refractivity contribution in [1.82, 2.24) is 0 Å². The molecule has 2 N–H and O–H groups in total. The Labute approximate surface area is 88.4 Å². The zero-order valence-corrected chi connectivity index (χ0v) is 9.60. The number of fused-ring (bicyclic) bond motifs is 2. The Morgan fingerprint density at radius 3 is 2.64 bits per heavy atom. The van der Waals surface area contributed by atoms with Gasteiger partial charge in [0.1, 0.15) is 0 Å². The molecule has 3 unspecified atom stereocenters. The van der Waals surface area contributed by atoms with Crippen molar-refractivity contribution in [3.8, 4) is 0 Å². The van der Waals surface area contributed by atoms with Crippen LogP contribution in [-0.2, 0) is 0 Å². The molecule has 2 bridgehead atoms. The maximum atomic E-state index is 6.04. The average molecular weight is 195 g/mol. The van der Waals surface area contributed by atoms with Gasteiger partial charge >= 0.3 is 0 Å². The Morgan fingerprint density at radius 2 is 2.14 bits per heavy atom. The molecule has 0 spiro atoms. The SMILES string of the molecule is CCCCCC1(CN)CC2CCC1C2. The molecule has 0 aliphatic heterocycles. The molecule has 0 heterocycles. The zero-order chi connectivity index (χ0) is 10.0. The van der Waals surface area contributed by atoms with Crippen LogP contribution in [-0.4, -0.2) is 6.54 Å². The summed E-state index contributed by atoms with van der Waals surface area (Å²) in [7, 11) is 0. The molecule has 2 fully saturated rings. The maximum Gasteiger partial charge on any atom is -0.00178 e. The minimum absolute atomic E-state index is 0.581. The number of nitrogens with two attached hydrogens (primary N) is 1. The van der Waals surface area contributed by atoms with Crippen LogP contribution in [0.1, 0.15) is 58.3 Å². The van der Waals surface area contributed by atoms with Crippen LogP contribution in [0.5, 0.6) is 0 Å². The Balaban J connectivity index is 1.90. The Bertz CT molecular complexity index is 190. The van der Waals surface area contributed by atoms with Crippen LogP contribution in [0.15, 0.2) is 0 Å². The minimum atomic E-state index is 0.581. The van der Waals surface area contributed by atoms with Crippen LogP contribution >= 0.6 is 0 Å². The summed E-state index contributed by atoms with van der Waals surface area (Å²) in [6.45, 7) is 3.24. The first-order valence-corrected chi connectivity index (χ1v) is 6.51. The van der Waals surface area contributed by atoms with Crippen LogP contribution < -0.4 is 5.73 Å². The van der Waals surface area contributed by atoms with Crippen molar-refractivity contribution in [2.45, 2.75) is 58.3 Å². The number of hydrogen-bond acceptors (Lipinski definition) is 1. The Morgan fingerprint density at radius 1 is 1.29 bits per heavy atom. The predicted octanol–water partition coefficient (Wildman–Crippen LogP) is 3.33. The molecule has 0 amide bonds. The molecule has 0 aromatic heterocycles. The van der Waals surface area contributed by atoms with Gasteiger partial charge in [0.05, 0.1) is 0 Å². The van der Waals surface area contributed by atoms with Crippen molar-refractivity contribution in [3.05, 3.63) is 0 Å². The topological polar surface area (TPSA) is 26.0 Å². The first-order valence-electron chi connectivity index (χ1n) is 6.51. The largest absolute Gasteiger partial charge is 0.330 e. The molecule has 1 nitrogen and oxygen atoms in total. The van der Waals surface area contributed by atoms with Gasteiger partial charge in [-0.25, -0.2) is 0 Å². The highest BCUT2D eigenvalue weighted by molar-refractivity contribution is 5.00. The Hall–Kier alpha value is -0.0400. The van der Waals surface area contributed by atoms with Crippen molar-refractivity contribution in [1.29, 1.82) is 0 Å². The molecule has 2 saturated carbocycles. The highest BCUT2D eigenvalue weighted by Gasteiger charge is 2.49. The molecule has 2 aliphatic rings. The van der Waals surface area contributed by atoms with Gasteiger partial charge in [0.25, 0.3) is 0 Å². The van der Waals surface area contributed by atoms with Gasteiger partial charge < -0.3 is 5.73 Å². The molecule has 2 rings (SSSR count). The van der Waals surface area contributed by atoms with Gasteiger partial charge in [-0.1, -0.05) is 32.6 Å². The van der Waals surface area contributed by atoms with Gasteiger partial charge in [0.2, 0.25) is 0 Å². The molecule has 3 atom stereocenters. The van der Waals surface area contributed by atoms with Crippen molar-refractivity contribution >= 4 is 0 Å². The van der Waals surface area contributed by atoms with Crippen LogP contribution in [0.25, 0.3) is 0 Å². The van der Waals surface area contributed by atoms with E-state index in [1.54, 1.807) is 0 Å². The molecule has 1 heteroatoms. The molecule has 0 radical (unpaired) electrons. The molecular formula is C13H25N. The third kappa shape index (κ3) is 1.71. The summed E-state index contributed by atoms with van der Waals surface area (Å²) in [5.74, 6) is 2.04. The lowest BCUT2D eigenvalue weighted by atomic mass is 9.70. The van der Waals surface area contributed by atoms with Crippen LogP contribution in [0.3, 0.4) is 0 Å². The summed E-state index contributed by atoms with van der Waals surface area (Å²) in [4.78, 5) is 0. The lowest BCUT2D eigenvalue weighted by Gasteiger charge is -2.37. The molecule has 0 aromatic carbocycles. The van der Waals surface area contributed by atoms with Gasteiger partial charge in [-0.15, -0.1) is 0 Å². The molecule has 0 saturated heterocycles. The van der Waals surface area contributed by atoms with Crippen molar-refractivity contribution in [3.63, 3.8) is 0 Å². The molecular weight excluding hydrogens is 170 g/mol. The van der Waals surface area contributed by atoms with E-state index in [2.05, 4.69) is 6.92 Å². The standard InChI is InChI=1S/C13H25N/c1-2-3-4-7-13(10-14)9-11-5-6-12(13)8-11/h11-12H,2-10,14H2,1H3. The normalized spacial score (nSPS) is 40.7. The summed E-state index contributed by atoms with van der Waals surface area (Å²) in [5, 5.41) is 0. The fourth-order valence-electron chi connectivity index (χ4n) is 3.94. The third-order valence-electron chi connectivity index (χ3n) is 4.79. The molecule has 0 aromatic rings. The maximum absolute atomic E-state index is 6.04. The first kappa shape index (κ1) is 10.5. The van der Waals surface area contributed by atoms with E-state index in [0.717, 1.165) is 18.4 Å². The van der Waals surface area contributed by atoms with Gasteiger partial charge in [0.15, 0.2) is 0 Å². The van der Waals surface area contributed by atoms with Crippen molar-refractivity contribution < 1.29 is 0 Å². The summed E-state index contributed by atoms with van der Waals surface area (Å²) in [6.07, 6.45) is 11.5. The lowest BCUT2D eigenvalue weighted by molar-refractivity contribution is 0.152. The second-order valence-electron chi connectivity index (χ2n) is 5.60. The smallest absolute Gasteiger partial charge is 0.00178 e. The molecule has 2 aliphatic carbocycles. The zero-order valence-electron chi connectivity index (χ0n) is 9.60. The van der Waals surface area contributed by atoms with Crippen molar-refractivity contribution in [2.75, 3.05) is 6.54 Å². The fraction of sp³-hybridized carbons (Fsp3) is 1.00. The summed E-state index contributed by atoms with van der Waals surface area (Å²) >= 11 is 0. The average Bonchev–Trinajstić information content (AvgIpc) is 2.78. The van der Waals surface area contributed by atoms with E-state index >= 15 is 0 Å². The summed E-state index contributed by atoms with van der Waals surface area (Å²) < 4.78 is 0. The lowest BCUT2D eigenvalue weighted by Crippen LogP contribution is -2.35. The van der Waals surface area contributed by atoms with Gasteiger partial charge in [-0.05, 0) is 49.5 Å². The number of rotatable bonds is 5. The van der Waals surface area contributed by atoms with Crippen molar-refractivity contribution in [2.24, 2.45) is 23.0 Å². The number of hydrogen-bond donors (Lipinski definition) is 1. The summed E-state index contributed by atoms with van der Waals surface area (Å²) in [5.41, 5.74) is 6.62. The van der Waals surface area contributed by atoms with E-state index in [1.807, 2.05) is 0 Å². The van der Waals surface area contributed by atoms with E-state index in [9.17, 15) is 0 Å². The highest BCUT2D eigenvalue weighted by Crippen LogP contribution is 2.57. The molecule has 82 valence electrons. The van der Waals surface area contributed by atoms with E-state index in [4.69, 9.17) is 5.73 Å². The fourth-order valence-corrected chi connectivity index (χ4v) is 3.94.